The van der Waals surface area contributed by atoms with Crippen molar-refractivity contribution in [2.75, 3.05) is 0 Å². The molecule has 0 spiro atoms. The van der Waals surface area contributed by atoms with E-state index in [9.17, 15) is 0 Å². The van der Waals surface area contributed by atoms with Crippen molar-refractivity contribution in [3.63, 3.8) is 0 Å². The summed E-state index contributed by atoms with van der Waals surface area (Å²) in [7, 11) is 0. The molecule has 84 valence electrons. The standard InChI is InChI=1S/C10H20.C2H4O2/c1-3-5-7-9-10-8-6-4-2;1-2(3)4/h3,5H,4,6-10H2,1-2H3;1H3,(H,3,4)/b5-3+;. The molecule has 0 saturated carbocycles. The van der Waals surface area contributed by atoms with Gasteiger partial charge in [-0.25, -0.2) is 0 Å². The van der Waals surface area contributed by atoms with Crippen molar-refractivity contribution in [2.24, 2.45) is 0 Å². The first kappa shape index (κ1) is 15.7. The Morgan fingerprint density at radius 1 is 1.21 bits per heavy atom. The highest BCUT2D eigenvalue weighted by molar-refractivity contribution is 5.62. The van der Waals surface area contributed by atoms with Crippen LogP contribution in [0.4, 0.5) is 0 Å². The number of aliphatic carboxylic acids is 1. The molecular weight excluding hydrogens is 176 g/mol. The first-order chi connectivity index (χ1) is 6.65. The van der Waals surface area contributed by atoms with Crippen LogP contribution in [0.25, 0.3) is 0 Å². The minimum Gasteiger partial charge on any atom is -0.481 e. The van der Waals surface area contributed by atoms with E-state index in [4.69, 9.17) is 9.90 Å². The summed E-state index contributed by atoms with van der Waals surface area (Å²) in [4.78, 5) is 9.00. The van der Waals surface area contributed by atoms with Gasteiger partial charge in [0.1, 0.15) is 0 Å². The highest BCUT2D eigenvalue weighted by Crippen LogP contribution is 2.04. The lowest BCUT2D eigenvalue weighted by molar-refractivity contribution is -0.134. The highest BCUT2D eigenvalue weighted by atomic mass is 16.4. The predicted molar refractivity (Wildman–Crippen MR) is 61.5 cm³/mol. The molecule has 0 heterocycles. The fourth-order valence-electron chi connectivity index (χ4n) is 1.03. The van der Waals surface area contributed by atoms with Gasteiger partial charge in [-0.3, -0.25) is 4.79 Å². The van der Waals surface area contributed by atoms with E-state index in [-0.39, 0.29) is 0 Å². The largest absolute Gasteiger partial charge is 0.481 e. The van der Waals surface area contributed by atoms with Gasteiger partial charge in [0.05, 0.1) is 0 Å². The van der Waals surface area contributed by atoms with Gasteiger partial charge in [-0.1, -0.05) is 44.8 Å². The fraction of sp³-hybridized carbons (Fsp3) is 0.750. The molecular formula is C12H24O2. The van der Waals surface area contributed by atoms with Crippen molar-refractivity contribution < 1.29 is 9.90 Å². The Balaban J connectivity index is 0. The molecule has 2 nitrogen and oxygen atoms in total. The maximum atomic E-state index is 9.00. The van der Waals surface area contributed by atoms with Crippen molar-refractivity contribution in [2.45, 2.75) is 59.3 Å². The maximum Gasteiger partial charge on any atom is 0.300 e. The Morgan fingerprint density at radius 3 is 2.14 bits per heavy atom. The summed E-state index contributed by atoms with van der Waals surface area (Å²) in [5.74, 6) is -0.833. The maximum absolute atomic E-state index is 9.00. The van der Waals surface area contributed by atoms with Gasteiger partial charge in [0.2, 0.25) is 0 Å². The normalized spacial score (nSPS) is 9.64. The molecule has 0 aliphatic carbocycles. The number of hydrogen-bond donors (Lipinski definition) is 1. The van der Waals surface area contributed by atoms with Gasteiger partial charge in [0.25, 0.3) is 5.97 Å². The van der Waals surface area contributed by atoms with Crippen LogP contribution in [-0.2, 0) is 4.79 Å². The molecule has 2 heteroatoms. The van der Waals surface area contributed by atoms with Gasteiger partial charge in [0, 0.05) is 6.92 Å². The van der Waals surface area contributed by atoms with Crippen LogP contribution in [0.3, 0.4) is 0 Å². The second-order valence-electron chi connectivity index (χ2n) is 3.29. The number of carbonyl (C=O) groups is 1. The third-order valence-electron chi connectivity index (χ3n) is 1.71. The summed E-state index contributed by atoms with van der Waals surface area (Å²) in [6, 6.07) is 0. The average molecular weight is 200 g/mol. The van der Waals surface area contributed by atoms with Gasteiger partial charge < -0.3 is 5.11 Å². The number of allylic oxidation sites excluding steroid dienone is 2. The first-order valence-corrected chi connectivity index (χ1v) is 5.45. The topological polar surface area (TPSA) is 37.3 Å². The summed E-state index contributed by atoms with van der Waals surface area (Å²) in [6.45, 7) is 5.43. The molecule has 0 unspecified atom stereocenters. The molecule has 0 aromatic carbocycles. The summed E-state index contributed by atoms with van der Waals surface area (Å²) in [5, 5.41) is 7.42. The van der Waals surface area contributed by atoms with E-state index in [1.54, 1.807) is 0 Å². The summed E-state index contributed by atoms with van der Waals surface area (Å²) in [5.41, 5.74) is 0. The molecule has 0 aliphatic rings. The van der Waals surface area contributed by atoms with Gasteiger partial charge in [-0.15, -0.1) is 0 Å². The lowest BCUT2D eigenvalue weighted by Crippen LogP contribution is -1.78. The lowest BCUT2D eigenvalue weighted by Gasteiger charge is -1.95. The Labute approximate surface area is 88.0 Å². The zero-order valence-corrected chi connectivity index (χ0v) is 9.75. The molecule has 0 radical (unpaired) electrons. The molecule has 14 heavy (non-hydrogen) atoms. The molecule has 0 atom stereocenters. The molecule has 0 bridgehead atoms. The Hall–Kier alpha value is -0.790. The zero-order valence-electron chi connectivity index (χ0n) is 9.75. The number of rotatable bonds is 6. The van der Waals surface area contributed by atoms with Gasteiger partial charge >= 0.3 is 0 Å². The summed E-state index contributed by atoms with van der Waals surface area (Å²) >= 11 is 0. The van der Waals surface area contributed by atoms with Crippen LogP contribution in [0.2, 0.25) is 0 Å². The van der Waals surface area contributed by atoms with Crippen LogP contribution < -0.4 is 0 Å². The summed E-state index contributed by atoms with van der Waals surface area (Å²) < 4.78 is 0. The third-order valence-corrected chi connectivity index (χ3v) is 1.71. The van der Waals surface area contributed by atoms with Crippen LogP contribution in [0.15, 0.2) is 12.2 Å². The minimum atomic E-state index is -0.833. The molecule has 0 aromatic heterocycles. The SMILES string of the molecule is C/C=C/CCCCCCC.CC(=O)O. The summed E-state index contributed by atoms with van der Waals surface area (Å²) in [6.07, 6.45) is 12.7. The number of carboxylic acid groups (broad SMARTS) is 1. The molecule has 0 amide bonds. The van der Waals surface area contributed by atoms with E-state index >= 15 is 0 Å². The van der Waals surface area contributed by atoms with Crippen molar-refractivity contribution in [3.8, 4) is 0 Å². The van der Waals surface area contributed by atoms with E-state index in [1.165, 1.54) is 38.5 Å². The predicted octanol–water partition coefficient (Wildman–Crippen LogP) is 4.01. The molecule has 0 aliphatic heterocycles. The molecule has 0 aromatic rings. The lowest BCUT2D eigenvalue weighted by atomic mass is 10.1. The Bertz CT molecular complexity index is 135. The van der Waals surface area contributed by atoms with E-state index in [2.05, 4.69) is 26.0 Å². The fourth-order valence-corrected chi connectivity index (χ4v) is 1.03. The van der Waals surface area contributed by atoms with Crippen molar-refractivity contribution in [1.82, 2.24) is 0 Å². The smallest absolute Gasteiger partial charge is 0.300 e. The Morgan fingerprint density at radius 2 is 1.71 bits per heavy atom. The van der Waals surface area contributed by atoms with Crippen LogP contribution >= 0.6 is 0 Å². The molecule has 1 N–H and O–H groups in total. The molecule has 0 saturated heterocycles. The van der Waals surface area contributed by atoms with Crippen molar-refractivity contribution >= 4 is 5.97 Å². The van der Waals surface area contributed by atoms with Crippen LogP contribution in [0, 0.1) is 0 Å². The van der Waals surface area contributed by atoms with E-state index in [0.29, 0.717) is 0 Å². The van der Waals surface area contributed by atoms with Gasteiger partial charge in [-0.05, 0) is 19.8 Å². The average Bonchev–Trinajstić information content (AvgIpc) is 2.10. The van der Waals surface area contributed by atoms with Crippen LogP contribution in [-0.4, -0.2) is 11.1 Å². The van der Waals surface area contributed by atoms with Crippen molar-refractivity contribution in [1.29, 1.82) is 0 Å². The number of hydrogen-bond acceptors (Lipinski definition) is 1. The Kier molecular flexibility index (Phi) is 16.5. The van der Waals surface area contributed by atoms with Gasteiger partial charge in [-0.2, -0.15) is 0 Å². The monoisotopic (exact) mass is 200 g/mol. The minimum absolute atomic E-state index is 0.833. The zero-order chi connectivity index (χ0) is 11.2. The second-order valence-corrected chi connectivity index (χ2v) is 3.29. The van der Waals surface area contributed by atoms with E-state index in [1.807, 2.05) is 0 Å². The quantitative estimate of drug-likeness (QED) is 0.519. The van der Waals surface area contributed by atoms with E-state index in [0.717, 1.165) is 6.92 Å². The molecule has 0 fully saturated rings. The number of unbranched alkanes of at least 4 members (excludes halogenated alkanes) is 5. The van der Waals surface area contributed by atoms with Crippen molar-refractivity contribution in [3.05, 3.63) is 12.2 Å². The first-order valence-electron chi connectivity index (χ1n) is 5.45. The van der Waals surface area contributed by atoms with E-state index < -0.39 is 5.97 Å². The van der Waals surface area contributed by atoms with Gasteiger partial charge in [0.15, 0.2) is 0 Å². The third kappa shape index (κ3) is 30.3. The second kappa shape index (κ2) is 14.7. The molecule has 0 rings (SSSR count). The number of carboxylic acids is 1. The van der Waals surface area contributed by atoms with Crippen LogP contribution in [0.5, 0.6) is 0 Å². The highest BCUT2D eigenvalue weighted by Gasteiger charge is 1.84. The van der Waals surface area contributed by atoms with Crippen LogP contribution in [0.1, 0.15) is 59.3 Å².